The molecule has 0 saturated carbocycles. The zero-order chi connectivity index (χ0) is 13.0. The Kier molecular flexibility index (Phi) is 3.77. The molecular weight excluding hydrogens is 238 g/mol. The van der Waals surface area contributed by atoms with Crippen LogP contribution in [0.15, 0.2) is 12.1 Å². The molecule has 0 aliphatic rings. The van der Waals surface area contributed by atoms with Crippen molar-refractivity contribution in [1.82, 2.24) is 0 Å². The maximum atomic E-state index is 12.1. The number of benzene rings is 1. The minimum atomic E-state index is -3.16. The molecule has 1 rings (SSSR count). The van der Waals surface area contributed by atoms with Crippen molar-refractivity contribution >= 4 is 5.69 Å². The van der Waals surface area contributed by atoms with Crippen molar-refractivity contribution in [3.8, 4) is 17.6 Å². The van der Waals surface area contributed by atoms with Crippen molar-refractivity contribution in [1.29, 1.82) is 5.26 Å². The third-order valence-electron chi connectivity index (χ3n) is 1.80. The highest BCUT2D eigenvalue weighted by Crippen LogP contribution is 2.36. The molecule has 0 unspecified atom stereocenters. The van der Waals surface area contributed by atoms with Crippen molar-refractivity contribution < 1.29 is 23.2 Å². The molecule has 0 aliphatic carbocycles. The Morgan fingerprint density at radius 1 is 1.53 bits per heavy atom. The first kappa shape index (κ1) is 12.6. The summed E-state index contributed by atoms with van der Waals surface area (Å²) in [5.74, 6) is -0.813. The lowest BCUT2D eigenvalue weighted by Crippen LogP contribution is -2.06. The first-order valence-electron chi connectivity index (χ1n) is 4.21. The van der Waals surface area contributed by atoms with Crippen molar-refractivity contribution in [3.63, 3.8) is 0 Å². The number of nitriles is 1. The summed E-state index contributed by atoms with van der Waals surface area (Å²) in [4.78, 5) is 9.75. The second-order valence-electron chi connectivity index (χ2n) is 2.77. The molecule has 0 aliphatic heterocycles. The van der Waals surface area contributed by atoms with E-state index in [2.05, 4.69) is 9.47 Å². The highest BCUT2D eigenvalue weighted by molar-refractivity contribution is 5.58. The monoisotopic (exact) mass is 244 g/mol. The average molecular weight is 244 g/mol. The fourth-order valence-corrected chi connectivity index (χ4v) is 1.14. The zero-order valence-corrected chi connectivity index (χ0v) is 8.52. The summed E-state index contributed by atoms with van der Waals surface area (Å²) in [5.41, 5.74) is -0.837. The number of ether oxygens (including phenoxy) is 2. The van der Waals surface area contributed by atoms with E-state index in [0.29, 0.717) is 0 Å². The van der Waals surface area contributed by atoms with Crippen LogP contribution in [0, 0.1) is 21.4 Å². The zero-order valence-electron chi connectivity index (χ0n) is 8.52. The molecule has 0 atom stereocenters. The van der Waals surface area contributed by atoms with Crippen LogP contribution >= 0.6 is 0 Å². The molecule has 90 valence electrons. The van der Waals surface area contributed by atoms with Gasteiger partial charge in [-0.2, -0.15) is 14.0 Å². The van der Waals surface area contributed by atoms with Crippen molar-refractivity contribution in [3.05, 3.63) is 27.8 Å². The molecule has 0 N–H and O–H groups in total. The second kappa shape index (κ2) is 5.07. The maximum absolute atomic E-state index is 12.1. The Balaban J connectivity index is 3.37. The second-order valence-corrected chi connectivity index (χ2v) is 2.77. The Labute approximate surface area is 94.1 Å². The fraction of sp³-hybridized carbons (Fsp3) is 0.222. The lowest BCUT2D eigenvalue weighted by molar-refractivity contribution is -0.385. The molecule has 0 amide bonds. The number of alkyl halides is 2. The number of hydrogen-bond donors (Lipinski definition) is 0. The number of nitro benzene ring substituents is 1. The number of halogens is 2. The Morgan fingerprint density at radius 2 is 2.18 bits per heavy atom. The first-order valence-corrected chi connectivity index (χ1v) is 4.21. The maximum Gasteiger partial charge on any atom is 0.387 e. The SMILES string of the molecule is COc1cc([N+](=O)[O-])cc(C#N)c1OC(F)F. The normalized spacial score (nSPS) is 9.82. The molecule has 1 aromatic rings. The van der Waals surface area contributed by atoms with E-state index in [9.17, 15) is 18.9 Å². The van der Waals surface area contributed by atoms with Crippen LogP contribution < -0.4 is 9.47 Å². The summed E-state index contributed by atoms with van der Waals surface area (Å²) in [5, 5.41) is 19.2. The summed E-state index contributed by atoms with van der Waals surface area (Å²) in [6, 6.07) is 3.26. The number of hydrogen-bond acceptors (Lipinski definition) is 5. The van der Waals surface area contributed by atoms with Gasteiger partial charge in [0.05, 0.1) is 18.1 Å². The van der Waals surface area contributed by atoms with E-state index < -0.39 is 28.5 Å². The lowest BCUT2D eigenvalue weighted by atomic mass is 10.2. The quantitative estimate of drug-likeness (QED) is 0.597. The Bertz CT molecular complexity index is 485. The van der Waals surface area contributed by atoms with E-state index >= 15 is 0 Å². The number of nitrogens with zero attached hydrogens (tertiary/aromatic N) is 2. The molecule has 6 nitrogen and oxygen atoms in total. The molecule has 0 radical (unpaired) electrons. The van der Waals surface area contributed by atoms with Gasteiger partial charge in [-0.3, -0.25) is 10.1 Å². The number of methoxy groups -OCH3 is 1. The van der Waals surface area contributed by atoms with E-state index in [4.69, 9.17) is 5.26 Å². The molecule has 17 heavy (non-hydrogen) atoms. The molecule has 0 aromatic heterocycles. The summed E-state index contributed by atoms with van der Waals surface area (Å²) in [6.45, 7) is -3.16. The van der Waals surface area contributed by atoms with Gasteiger partial charge in [-0.1, -0.05) is 0 Å². The van der Waals surface area contributed by atoms with Crippen molar-refractivity contribution in [2.45, 2.75) is 6.61 Å². The average Bonchev–Trinajstić information content (AvgIpc) is 2.28. The van der Waals surface area contributed by atoms with Crippen LogP contribution in [0.3, 0.4) is 0 Å². The summed E-state index contributed by atoms with van der Waals surface area (Å²) in [6.07, 6.45) is 0. The number of non-ortho nitro benzene ring substituents is 1. The summed E-state index contributed by atoms with van der Waals surface area (Å²) < 4.78 is 32.9. The van der Waals surface area contributed by atoms with Gasteiger partial charge in [0.25, 0.3) is 5.69 Å². The predicted octanol–water partition coefficient (Wildman–Crippen LogP) is 2.08. The van der Waals surface area contributed by atoms with Crippen LogP contribution in [-0.4, -0.2) is 18.6 Å². The van der Waals surface area contributed by atoms with E-state index in [0.717, 1.165) is 19.2 Å². The predicted molar refractivity (Wildman–Crippen MR) is 51.0 cm³/mol. The van der Waals surface area contributed by atoms with Crippen LogP contribution in [0.5, 0.6) is 11.5 Å². The van der Waals surface area contributed by atoms with Gasteiger partial charge in [-0.05, 0) is 0 Å². The van der Waals surface area contributed by atoms with Crippen LogP contribution in [0.1, 0.15) is 5.56 Å². The van der Waals surface area contributed by atoms with Gasteiger partial charge >= 0.3 is 6.61 Å². The van der Waals surface area contributed by atoms with E-state index in [-0.39, 0.29) is 5.75 Å². The van der Waals surface area contributed by atoms with Gasteiger partial charge < -0.3 is 9.47 Å². The van der Waals surface area contributed by atoms with Gasteiger partial charge in [0.1, 0.15) is 11.6 Å². The van der Waals surface area contributed by atoms with Gasteiger partial charge in [0.15, 0.2) is 11.5 Å². The minimum absolute atomic E-state index is 0.295. The number of nitro groups is 1. The van der Waals surface area contributed by atoms with E-state index in [1.807, 2.05) is 0 Å². The van der Waals surface area contributed by atoms with Crippen LogP contribution in [-0.2, 0) is 0 Å². The van der Waals surface area contributed by atoms with Crippen LogP contribution in [0.4, 0.5) is 14.5 Å². The number of rotatable bonds is 4. The van der Waals surface area contributed by atoms with Crippen molar-refractivity contribution in [2.24, 2.45) is 0 Å². The Hall–Kier alpha value is -2.43. The topological polar surface area (TPSA) is 85.4 Å². The van der Waals surface area contributed by atoms with Gasteiger partial charge in [0, 0.05) is 6.07 Å². The molecule has 1 aromatic carbocycles. The summed E-state index contributed by atoms with van der Waals surface area (Å²) >= 11 is 0. The van der Waals surface area contributed by atoms with Gasteiger partial charge in [-0.15, -0.1) is 0 Å². The van der Waals surface area contributed by atoms with Gasteiger partial charge in [-0.25, -0.2) is 0 Å². The molecule has 0 fully saturated rings. The molecule has 0 heterocycles. The third kappa shape index (κ3) is 2.78. The summed E-state index contributed by atoms with van der Waals surface area (Å²) in [7, 11) is 1.12. The standard InChI is InChI=1S/C9H6F2N2O4/c1-16-7-3-6(13(14)15)2-5(4-12)8(7)17-9(10)11/h2-3,9H,1H3. The lowest BCUT2D eigenvalue weighted by Gasteiger charge is -2.10. The highest BCUT2D eigenvalue weighted by Gasteiger charge is 2.21. The van der Waals surface area contributed by atoms with Crippen LogP contribution in [0.25, 0.3) is 0 Å². The van der Waals surface area contributed by atoms with E-state index in [1.54, 1.807) is 0 Å². The van der Waals surface area contributed by atoms with Crippen molar-refractivity contribution in [2.75, 3.05) is 7.11 Å². The minimum Gasteiger partial charge on any atom is -0.493 e. The Morgan fingerprint density at radius 3 is 2.59 bits per heavy atom. The molecule has 0 saturated heterocycles. The fourth-order valence-electron chi connectivity index (χ4n) is 1.14. The highest BCUT2D eigenvalue weighted by atomic mass is 19.3. The third-order valence-corrected chi connectivity index (χ3v) is 1.80. The van der Waals surface area contributed by atoms with Gasteiger partial charge in [0.2, 0.25) is 0 Å². The molecule has 0 spiro atoms. The molecule has 0 bridgehead atoms. The molecular formula is C9H6F2N2O4. The van der Waals surface area contributed by atoms with Crippen LogP contribution in [0.2, 0.25) is 0 Å². The first-order chi connectivity index (χ1) is 7.99. The molecule has 8 heteroatoms. The smallest absolute Gasteiger partial charge is 0.387 e. The van der Waals surface area contributed by atoms with E-state index in [1.165, 1.54) is 6.07 Å². The largest absolute Gasteiger partial charge is 0.493 e.